The Morgan fingerprint density at radius 2 is 1.73 bits per heavy atom. The van der Waals surface area contributed by atoms with Crippen molar-refractivity contribution in [3.8, 4) is 11.5 Å². The van der Waals surface area contributed by atoms with Gasteiger partial charge in [0.2, 0.25) is 0 Å². The van der Waals surface area contributed by atoms with E-state index >= 15 is 0 Å². The number of nitrogens with zero attached hydrogens (tertiary/aromatic N) is 1. The highest BCUT2D eigenvalue weighted by Crippen LogP contribution is 2.32. The molecule has 1 aliphatic rings. The maximum Gasteiger partial charge on any atom is 0.264 e. The van der Waals surface area contributed by atoms with E-state index < -0.39 is 0 Å². The highest BCUT2D eigenvalue weighted by Gasteiger charge is 2.24. The fourth-order valence-corrected chi connectivity index (χ4v) is 4.35. The molecule has 0 saturated carbocycles. The van der Waals surface area contributed by atoms with Crippen LogP contribution in [0.25, 0.3) is 6.08 Å². The maximum atomic E-state index is 12.4. The average Bonchev–Trinajstić information content (AvgIpc) is 3.17. The standard InChI is InChI=1S/C27H34N2O3S/c1-4-6-7-8-9-10-17-32-23-16-13-21(18-24(23)31-3)19-25-26(30)29-27(33-25)28-22-14-11-20(5-2)12-15-22/h11-16,18-19H,4-10,17H2,1-3H3,(H,28,29,30)/b25-19-. The largest absolute Gasteiger partial charge is 0.493 e. The minimum Gasteiger partial charge on any atom is -0.493 e. The van der Waals surface area contributed by atoms with Gasteiger partial charge in [0.15, 0.2) is 16.7 Å². The van der Waals surface area contributed by atoms with Gasteiger partial charge in [-0.25, -0.2) is 4.99 Å². The Morgan fingerprint density at radius 1 is 0.970 bits per heavy atom. The number of hydrogen-bond acceptors (Lipinski definition) is 5. The molecule has 0 aromatic heterocycles. The predicted octanol–water partition coefficient (Wildman–Crippen LogP) is 6.89. The van der Waals surface area contributed by atoms with E-state index in [-0.39, 0.29) is 5.91 Å². The molecule has 0 spiro atoms. The summed E-state index contributed by atoms with van der Waals surface area (Å²) in [5.74, 6) is 1.25. The third-order valence-electron chi connectivity index (χ3n) is 5.47. The van der Waals surface area contributed by atoms with Crippen LogP contribution in [-0.2, 0) is 11.2 Å². The molecule has 1 saturated heterocycles. The number of benzene rings is 2. The lowest BCUT2D eigenvalue weighted by Gasteiger charge is -2.11. The number of hydrogen-bond donors (Lipinski definition) is 1. The average molecular weight is 467 g/mol. The Balaban J connectivity index is 1.60. The van der Waals surface area contributed by atoms with Gasteiger partial charge in [0.25, 0.3) is 5.91 Å². The van der Waals surface area contributed by atoms with Gasteiger partial charge in [-0.1, -0.05) is 64.2 Å². The third kappa shape index (κ3) is 7.67. The lowest BCUT2D eigenvalue weighted by molar-refractivity contribution is -0.115. The number of aryl methyl sites for hydroxylation is 1. The van der Waals surface area contributed by atoms with Crippen molar-refractivity contribution in [2.75, 3.05) is 13.7 Å². The van der Waals surface area contributed by atoms with E-state index in [1.807, 2.05) is 36.4 Å². The molecular formula is C27H34N2O3S. The van der Waals surface area contributed by atoms with E-state index in [0.29, 0.717) is 22.4 Å². The highest BCUT2D eigenvalue weighted by atomic mass is 32.2. The van der Waals surface area contributed by atoms with Crippen molar-refractivity contribution in [2.45, 2.75) is 58.8 Å². The first-order valence-corrected chi connectivity index (χ1v) is 12.6. The summed E-state index contributed by atoms with van der Waals surface area (Å²) in [4.78, 5) is 17.6. The number of ether oxygens (including phenoxy) is 2. The molecule has 0 aliphatic carbocycles. The van der Waals surface area contributed by atoms with Crippen molar-refractivity contribution in [3.05, 3.63) is 58.5 Å². The molecule has 2 aromatic carbocycles. The summed E-state index contributed by atoms with van der Waals surface area (Å²) in [6.07, 6.45) is 10.2. The summed E-state index contributed by atoms with van der Waals surface area (Å²) in [6, 6.07) is 13.8. The molecule has 1 N–H and O–H groups in total. The summed E-state index contributed by atoms with van der Waals surface area (Å²) in [7, 11) is 1.63. The van der Waals surface area contributed by atoms with Gasteiger partial charge in [-0.05, 0) is 66.1 Å². The summed E-state index contributed by atoms with van der Waals surface area (Å²) in [6.45, 7) is 5.03. The molecule has 2 aromatic rings. The van der Waals surface area contributed by atoms with Gasteiger partial charge in [0.05, 0.1) is 24.3 Å². The number of unbranched alkanes of at least 4 members (excludes halogenated alkanes) is 5. The molecule has 0 radical (unpaired) electrons. The van der Waals surface area contributed by atoms with Crippen LogP contribution in [0.4, 0.5) is 5.69 Å². The highest BCUT2D eigenvalue weighted by molar-refractivity contribution is 8.18. The second-order valence-corrected chi connectivity index (χ2v) is 9.06. The third-order valence-corrected chi connectivity index (χ3v) is 6.38. The van der Waals surface area contributed by atoms with Crippen LogP contribution in [0.5, 0.6) is 11.5 Å². The Morgan fingerprint density at radius 3 is 2.45 bits per heavy atom. The molecule has 1 amide bonds. The Kier molecular flexibility index (Phi) is 9.88. The lowest BCUT2D eigenvalue weighted by atomic mass is 10.1. The van der Waals surface area contributed by atoms with E-state index in [4.69, 9.17) is 9.47 Å². The summed E-state index contributed by atoms with van der Waals surface area (Å²) < 4.78 is 11.5. The van der Waals surface area contributed by atoms with Gasteiger partial charge >= 0.3 is 0 Å². The van der Waals surface area contributed by atoms with Crippen LogP contribution in [0.15, 0.2) is 52.4 Å². The molecular weight excluding hydrogens is 432 g/mol. The second kappa shape index (κ2) is 13.1. The molecule has 1 aliphatic heterocycles. The number of carbonyl (C=O) groups excluding carboxylic acids is 1. The molecule has 0 unspecified atom stereocenters. The summed E-state index contributed by atoms with van der Waals surface area (Å²) in [5.41, 5.74) is 2.96. The molecule has 5 nitrogen and oxygen atoms in total. The van der Waals surface area contributed by atoms with Crippen molar-refractivity contribution < 1.29 is 14.3 Å². The van der Waals surface area contributed by atoms with Crippen LogP contribution in [0.1, 0.15) is 63.5 Å². The summed E-state index contributed by atoms with van der Waals surface area (Å²) >= 11 is 1.34. The number of nitrogens with one attached hydrogen (secondary N) is 1. The number of aliphatic imine (C=N–C) groups is 1. The van der Waals surface area contributed by atoms with Crippen LogP contribution in [-0.4, -0.2) is 24.8 Å². The lowest BCUT2D eigenvalue weighted by Crippen LogP contribution is -2.19. The number of carbonyl (C=O) groups is 1. The SMILES string of the molecule is CCCCCCCCOc1ccc(/C=C2\SC(=Nc3ccc(CC)cc3)NC2=O)cc1OC. The Labute approximate surface area is 201 Å². The molecule has 1 fully saturated rings. The van der Waals surface area contributed by atoms with E-state index in [1.165, 1.54) is 49.4 Å². The number of thioether (sulfide) groups is 1. The smallest absolute Gasteiger partial charge is 0.264 e. The van der Waals surface area contributed by atoms with Gasteiger partial charge < -0.3 is 14.8 Å². The minimum atomic E-state index is -0.147. The fourth-order valence-electron chi connectivity index (χ4n) is 3.51. The first kappa shape index (κ1) is 24.9. The van der Waals surface area contributed by atoms with Crippen LogP contribution in [0.3, 0.4) is 0 Å². The van der Waals surface area contributed by atoms with Crippen molar-refractivity contribution in [3.63, 3.8) is 0 Å². The van der Waals surface area contributed by atoms with Crippen molar-refractivity contribution in [1.82, 2.24) is 5.32 Å². The van der Waals surface area contributed by atoms with Crippen LogP contribution >= 0.6 is 11.8 Å². The van der Waals surface area contributed by atoms with E-state index in [2.05, 4.69) is 36.3 Å². The molecule has 33 heavy (non-hydrogen) atoms. The molecule has 0 bridgehead atoms. The fraction of sp³-hybridized carbons (Fsp3) is 0.407. The van der Waals surface area contributed by atoms with Crippen molar-refractivity contribution in [1.29, 1.82) is 0 Å². The first-order chi connectivity index (χ1) is 16.1. The number of amides is 1. The van der Waals surface area contributed by atoms with E-state index in [0.717, 1.165) is 29.8 Å². The van der Waals surface area contributed by atoms with Crippen LogP contribution < -0.4 is 14.8 Å². The molecule has 1 heterocycles. The van der Waals surface area contributed by atoms with Crippen LogP contribution in [0, 0.1) is 0 Å². The zero-order valence-electron chi connectivity index (χ0n) is 19.9. The molecule has 176 valence electrons. The van der Waals surface area contributed by atoms with Crippen molar-refractivity contribution >= 4 is 34.6 Å². The zero-order valence-corrected chi connectivity index (χ0v) is 20.7. The zero-order chi connectivity index (χ0) is 23.5. The minimum absolute atomic E-state index is 0.147. The molecule has 6 heteroatoms. The van der Waals surface area contributed by atoms with Gasteiger partial charge in [-0.3, -0.25) is 4.79 Å². The van der Waals surface area contributed by atoms with E-state index in [1.54, 1.807) is 7.11 Å². The molecule has 0 atom stereocenters. The predicted molar refractivity (Wildman–Crippen MR) is 138 cm³/mol. The Hall–Kier alpha value is -2.73. The Bertz CT molecular complexity index is 983. The van der Waals surface area contributed by atoms with Crippen molar-refractivity contribution in [2.24, 2.45) is 4.99 Å². The van der Waals surface area contributed by atoms with Gasteiger partial charge in [-0.2, -0.15) is 0 Å². The summed E-state index contributed by atoms with van der Waals surface area (Å²) in [5, 5.41) is 3.43. The monoisotopic (exact) mass is 466 g/mol. The van der Waals surface area contributed by atoms with E-state index in [9.17, 15) is 4.79 Å². The number of amidine groups is 1. The number of rotatable bonds is 12. The van der Waals surface area contributed by atoms with Crippen LogP contribution in [0.2, 0.25) is 0 Å². The first-order valence-electron chi connectivity index (χ1n) is 11.8. The normalized spacial score (nSPS) is 15.8. The number of methoxy groups -OCH3 is 1. The second-order valence-electron chi connectivity index (χ2n) is 8.03. The van der Waals surface area contributed by atoms with Gasteiger partial charge in [0.1, 0.15) is 0 Å². The molecule has 3 rings (SSSR count). The quantitative estimate of drug-likeness (QED) is 0.273. The van der Waals surface area contributed by atoms with Gasteiger partial charge in [0, 0.05) is 0 Å². The topological polar surface area (TPSA) is 59.9 Å². The maximum absolute atomic E-state index is 12.4. The van der Waals surface area contributed by atoms with Gasteiger partial charge in [-0.15, -0.1) is 0 Å².